The molecule has 0 aromatic carbocycles. The second-order valence-corrected chi connectivity index (χ2v) is 3.95. The maximum Gasteiger partial charge on any atom is 0.309 e. The van der Waals surface area contributed by atoms with E-state index in [1.54, 1.807) is 7.11 Å². The number of hydrogen-bond acceptors (Lipinski definition) is 5. The van der Waals surface area contributed by atoms with Gasteiger partial charge in [-0.3, -0.25) is 4.79 Å². The second kappa shape index (κ2) is 8.50. The molecular formula is C11H23NO4. The lowest BCUT2D eigenvalue weighted by molar-refractivity contribution is -0.145. The van der Waals surface area contributed by atoms with Crippen molar-refractivity contribution >= 4 is 5.97 Å². The Labute approximate surface area is 97.1 Å². The third-order valence-corrected chi connectivity index (χ3v) is 2.63. The maximum absolute atomic E-state index is 11.2. The van der Waals surface area contributed by atoms with Crippen molar-refractivity contribution in [2.75, 3.05) is 27.4 Å². The van der Waals surface area contributed by atoms with Crippen LogP contribution in [0.1, 0.15) is 20.3 Å². The van der Waals surface area contributed by atoms with Gasteiger partial charge in [0.25, 0.3) is 0 Å². The van der Waals surface area contributed by atoms with Gasteiger partial charge < -0.3 is 19.9 Å². The van der Waals surface area contributed by atoms with E-state index in [2.05, 4.69) is 10.1 Å². The van der Waals surface area contributed by atoms with Crippen molar-refractivity contribution in [3.05, 3.63) is 0 Å². The lowest BCUT2D eigenvalue weighted by atomic mass is 10.0. The summed E-state index contributed by atoms with van der Waals surface area (Å²) in [4.78, 5) is 11.2. The fraction of sp³-hybridized carbons (Fsp3) is 0.909. The number of hydrogen-bond donors (Lipinski definition) is 2. The molecule has 16 heavy (non-hydrogen) atoms. The number of ether oxygens (including phenoxy) is 2. The van der Waals surface area contributed by atoms with Gasteiger partial charge >= 0.3 is 5.97 Å². The standard InChI is InChI=1S/C11H23NO4/c1-8(11(14)16-4)9(2)12-6-5-10(13)7-15-3/h8-10,12-13H,5-7H2,1-4H3. The molecule has 5 nitrogen and oxygen atoms in total. The van der Waals surface area contributed by atoms with Crippen LogP contribution in [0, 0.1) is 5.92 Å². The quantitative estimate of drug-likeness (QED) is 0.585. The molecule has 0 aliphatic carbocycles. The molecule has 0 saturated heterocycles. The average Bonchev–Trinajstić information content (AvgIpc) is 2.27. The molecule has 0 aromatic rings. The van der Waals surface area contributed by atoms with Crippen LogP contribution in [0.4, 0.5) is 0 Å². The van der Waals surface area contributed by atoms with Crippen LogP contribution in [0.15, 0.2) is 0 Å². The van der Waals surface area contributed by atoms with Crippen LogP contribution < -0.4 is 5.32 Å². The van der Waals surface area contributed by atoms with Gasteiger partial charge in [0.1, 0.15) is 0 Å². The molecule has 0 fully saturated rings. The third-order valence-electron chi connectivity index (χ3n) is 2.63. The van der Waals surface area contributed by atoms with E-state index < -0.39 is 6.10 Å². The molecule has 3 atom stereocenters. The zero-order valence-electron chi connectivity index (χ0n) is 10.5. The Morgan fingerprint density at radius 2 is 2.00 bits per heavy atom. The van der Waals surface area contributed by atoms with Gasteiger partial charge in [0.2, 0.25) is 0 Å². The van der Waals surface area contributed by atoms with E-state index in [-0.39, 0.29) is 17.9 Å². The summed E-state index contributed by atoms with van der Waals surface area (Å²) < 4.78 is 9.46. The van der Waals surface area contributed by atoms with E-state index in [0.717, 1.165) is 0 Å². The molecule has 0 rings (SSSR count). The lowest BCUT2D eigenvalue weighted by Crippen LogP contribution is -2.38. The van der Waals surface area contributed by atoms with Crippen LogP contribution in [-0.4, -0.2) is 50.6 Å². The molecule has 3 unspecified atom stereocenters. The van der Waals surface area contributed by atoms with Gasteiger partial charge in [-0.05, 0) is 19.9 Å². The summed E-state index contributed by atoms with van der Waals surface area (Å²) in [5.74, 6) is -0.415. The number of esters is 1. The number of nitrogens with one attached hydrogen (secondary N) is 1. The van der Waals surface area contributed by atoms with E-state index in [9.17, 15) is 9.90 Å². The Balaban J connectivity index is 3.72. The van der Waals surface area contributed by atoms with Crippen molar-refractivity contribution in [3.63, 3.8) is 0 Å². The van der Waals surface area contributed by atoms with Crippen molar-refractivity contribution in [1.29, 1.82) is 0 Å². The fourth-order valence-corrected chi connectivity index (χ4v) is 1.32. The summed E-state index contributed by atoms with van der Waals surface area (Å²) >= 11 is 0. The van der Waals surface area contributed by atoms with Crippen LogP contribution in [-0.2, 0) is 14.3 Å². The summed E-state index contributed by atoms with van der Waals surface area (Å²) in [6, 6.07) is 0.0298. The van der Waals surface area contributed by atoms with Crippen molar-refractivity contribution in [2.24, 2.45) is 5.92 Å². The molecule has 0 saturated carbocycles. The fourth-order valence-electron chi connectivity index (χ4n) is 1.32. The largest absolute Gasteiger partial charge is 0.469 e. The zero-order chi connectivity index (χ0) is 12.6. The van der Waals surface area contributed by atoms with Crippen LogP contribution in [0.5, 0.6) is 0 Å². The Morgan fingerprint density at radius 1 is 1.38 bits per heavy atom. The molecule has 0 heterocycles. The normalized spacial score (nSPS) is 16.6. The van der Waals surface area contributed by atoms with Crippen molar-refractivity contribution < 1.29 is 19.4 Å². The molecule has 96 valence electrons. The Hall–Kier alpha value is -0.650. The van der Waals surface area contributed by atoms with E-state index in [1.165, 1.54) is 7.11 Å². The Kier molecular flexibility index (Phi) is 8.15. The highest BCUT2D eigenvalue weighted by Gasteiger charge is 2.20. The topological polar surface area (TPSA) is 67.8 Å². The molecule has 0 radical (unpaired) electrons. The average molecular weight is 233 g/mol. The summed E-state index contributed by atoms with van der Waals surface area (Å²) in [6.07, 6.45) is 0.143. The molecule has 5 heteroatoms. The van der Waals surface area contributed by atoms with Crippen molar-refractivity contribution in [3.8, 4) is 0 Å². The number of aliphatic hydroxyl groups is 1. The van der Waals surface area contributed by atoms with Gasteiger partial charge in [-0.15, -0.1) is 0 Å². The van der Waals surface area contributed by atoms with Gasteiger partial charge in [-0.2, -0.15) is 0 Å². The van der Waals surface area contributed by atoms with Gasteiger partial charge in [0.05, 0.1) is 25.7 Å². The van der Waals surface area contributed by atoms with Gasteiger partial charge in [0, 0.05) is 13.2 Å². The van der Waals surface area contributed by atoms with Crippen molar-refractivity contribution in [2.45, 2.75) is 32.4 Å². The highest BCUT2D eigenvalue weighted by atomic mass is 16.5. The number of carbonyl (C=O) groups is 1. The Bertz CT molecular complexity index is 198. The van der Waals surface area contributed by atoms with Crippen molar-refractivity contribution in [1.82, 2.24) is 5.32 Å². The molecule has 0 aromatic heterocycles. The smallest absolute Gasteiger partial charge is 0.309 e. The van der Waals surface area contributed by atoms with Gasteiger partial charge in [0.15, 0.2) is 0 Å². The first kappa shape index (κ1) is 15.3. The first-order valence-corrected chi connectivity index (χ1v) is 5.51. The predicted molar refractivity (Wildman–Crippen MR) is 61.1 cm³/mol. The lowest BCUT2D eigenvalue weighted by Gasteiger charge is -2.20. The maximum atomic E-state index is 11.2. The minimum atomic E-state index is -0.460. The van der Waals surface area contributed by atoms with Crippen LogP contribution in [0.2, 0.25) is 0 Å². The first-order chi connectivity index (χ1) is 7.52. The number of rotatable bonds is 8. The summed E-state index contributed by atoms with van der Waals surface area (Å²) in [7, 11) is 2.94. The molecule has 0 aliphatic rings. The van der Waals surface area contributed by atoms with Crippen LogP contribution in [0.3, 0.4) is 0 Å². The van der Waals surface area contributed by atoms with E-state index >= 15 is 0 Å². The summed E-state index contributed by atoms with van der Waals surface area (Å²) in [5.41, 5.74) is 0. The molecule has 0 aliphatic heterocycles. The SMILES string of the molecule is COCC(O)CCNC(C)C(C)C(=O)OC. The second-order valence-electron chi connectivity index (χ2n) is 3.95. The first-order valence-electron chi connectivity index (χ1n) is 5.51. The summed E-state index contributed by atoms with van der Waals surface area (Å²) in [6.45, 7) is 4.72. The predicted octanol–water partition coefficient (Wildman–Crippen LogP) is 0.171. The minimum absolute atomic E-state index is 0.0298. The minimum Gasteiger partial charge on any atom is -0.469 e. The number of carbonyl (C=O) groups excluding carboxylic acids is 1. The van der Waals surface area contributed by atoms with E-state index in [4.69, 9.17) is 4.74 Å². The number of methoxy groups -OCH3 is 2. The zero-order valence-corrected chi connectivity index (χ0v) is 10.5. The molecule has 0 amide bonds. The highest BCUT2D eigenvalue weighted by molar-refractivity contribution is 5.72. The molecule has 2 N–H and O–H groups in total. The van der Waals surface area contributed by atoms with Crippen LogP contribution in [0.25, 0.3) is 0 Å². The third kappa shape index (κ3) is 6.05. The Morgan fingerprint density at radius 3 is 2.50 bits per heavy atom. The van der Waals surface area contributed by atoms with Gasteiger partial charge in [-0.1, -0.05) is 6.92 Å². The van der Waals surface area contributed by atoms with E-state index in [1.807, 2.05) is 13.8 Å². The van der Waals surface area contributed by atoms with E-state index in [0.29, 0.717) is 19.6 Å². The van der Waals surface area contributed by atoms with Gasteiger partial charge in [-0.25, -0.2) is 0 Å². The monoisotopic (exact) mass is 233 g/mol. The highest BCUT2D eigenvalue weighted by Crippen LogP contribution is 2.04. The summed E-state index contributed by atoms with van der Waals surface area (Å²) in [5, 5.41) is 12.6. The molecular weight excluding hydrogens is 210 g/mol. The molecule has 0 spiro atoms. The molecule has 0 bridgehead atoms. The number of aliphatic hydroxyl groups excluding tert-OH is 1. The van der Waals surface area contributed by atoms with Crippen LogP contribution >= 0.6 is 0 Å².